The molecule has 0 atom stereocenters. The Morgan fingerprint density at radius 2 is 1.79 bits per heavy atom. The quantitative estimate of drug-likeness (QED) is 0.563. The van der Waals surface area contributed by atoms with Gasteiger partial charge in [-0.25, -0.2) is 9.67 Å². The van der Waals surface area contributed by atoms with Crippen LogP contribution in [0.5, 0.6) is 0 Å². The zero-order valence-corrected chi connectivity index (χ0v) is 17.1. The van der Waals surface area contributed by atoms with E-state index in [1.807, 2.05) is 28.9 Å². The first-order chi connectivity index (χ1) is 14.2. The van der Waals surface area contributed by atoms with Gasteiger partial charge in [-0.1, -0.05) is 36.4 Å². The molecule has 148 valence electrons. The van der Waals surface area contributed by atoms with Crippen molar-refractivity contribution < 1.29 is 0 Å². The second kappa shape index (κ2) is 7.46. The number of nitrogens with zero attached hydrogens (tertiary/aromatic N) is 6. The smallest absolute Gasteiger partial charge is 0.228 e. The summed E-state index contributed by atoms with van der Waals surface area (Å²) in [5.41, 5.74) is 9.22. The second-order valence-electron chi connectivity index (χ2n) is 7.37. The molecule has 0 aliphatic carbocycles. The fourth-order valence-electron chi connectivity index (χ4n) is 3.66. The van der Waals surface area contributed by atoms with E-state index in [-0.39, 0.29) is 0 Å². The van der Waals surface area contributed by atoms with Gasteiger partial charge in [0.2, 0.25) is 5.95 Å². The highest BCUT2D eigenvalue weighted by Gasteiger charge is 2.23. The molecular formula is C21H23N7S. The van der Waals surface area contributed by atoms with E-state index in [1.54, 1.807) is 11.3 Å². The van der Waals surface area contributed by atoms with Crippen molar-refractivity contribution in [3.8, 4) is 10.6 Å². The summed E-state index contributed by atoms with van der Waals surface area (Å²) in [6.45, 7) is 4.43. The molecule has 29 heavy (non-hydrogen) atoms. The first-order valence-corrected chi connectivity index (χ1v) is 10.6. The van der Waals surface area contributed by atoms with Crippen LogP contribution < -0.4 is 10.6 Å². The third-order valence-electron chi connectivity index (χ3n) is 5.34. The molecule has 1 fully saturated rings. The molecule has 1 aliphatic rings. The van der Waals surface area contributed by atoms with Crippen molar-refractivity contribution in [2.75, 3.05) is 43.9 Å². The summed E-state index contributed by atoms with van der Waals surface area (Å²) in [6.07, 6.45) is 0. The lowest BCUT2D eigenvalue weighted by atomic mass is 10.2. The van der Waals surface area contributed by atoms with Crippen molar-refractivity contribution in [3.63, 3.8) is 0 Å². The molecule has 0 saturated carbocycles. The molecule has 1 aromatic carbocycles. The van der Waals surface area contributed by atoms with Crippen LogP contribution in [0.3, 0.4) is 0 Å². The van der Waals surface area contributed by atoms with Crippen molar-refractivity contribution in [1.29, 1.82) is 0 Å². The zero-order valence-electron chi connectivity index (χ0n) is 16.3. The average molecular weight is 406 g/mol. The number of rotatable bonds is 4. The molecule has 8 heteroatoms. The number of piperazine rings is 1. The Bertz CT molecular complexity index is 1110. The van der Waals surface area contributed by atoms with Crippen molar-refractivity contribution in [1.82, 2.24) is 24.6 Å². The minimum atomic E-state index is 0.608. The lowest BCUT2D eigenvalue weighted by Crippen LogP contribution is -2.45. The van der Waals surface area contributed by atoms with Gasteiger partial charge in [0.05, 0.1) is 22.5 Å². The van der Waals surface area contributed by atoms with Crippen LogP contribution >= 0.6 is 11.3 Å². The highest BCUT2D eigenvalue weighted by Crippen LogP contribution is 2.34. The van der Waals surface area contributed by atoms with Crippen LogP contribution in [0.4, 0.5) is 11.8 Å². The van der Waals surface area contributed by atoms with Crippen LogP contribution in [-0.2, 0) is 6.54 Å². The number of nitrogens with two attached hydrogens (primary N) is 1. The van der Waals surface area contributed by atoms with Crippen molar-refractivity contribution >= 4 is 34.1 Å². The monoisotopic (exact) mass is 405 g/mol. The summed E-state index contributed by atoms with van der Waals surface area (Å²) in [6, 6.07) is 14.3. The Morgan fingerprint density at radius 1 is 1.00 bits per heavy atom. The fourth-order valence-corrected chi connectivity index (χ4v) is 4.38. The van der Waals surface area contributed by atoms with Crippen LogP contribution in [0.15, 0.2) is 47.8 Å². The number of thiophene rings is 1. The molecular weight excluding hydrogens is 382 g/mol. The molecule has 0 unspecified atom stereocenters. The lowest BCUT2D eigenvalue weighted by Gasteiger charge is -2.32. The van der Waals surface area contributed by atoms with Gasteiger partial charge in [0.1, 0.15) is 5.82 Å². The molecule has 1 aliphatic heterocycles. The maximum atomic E-state index is 6.55. The number of fused-ring (bicyclic) bond motifs is 1. The van der Waals surface area contributed by atoms with E-state index in [1.165, 1.54) is 0 Å². The average Bonchev–Trinajstić information content (AvgIpc) is 3.38. The number of anilines is 2. The number of benzene rings is 1. The lowest BCUT2D eigenvalue weighted by molar-refractivity contribution is 0.311. The summed E-state index contributed by atoms with van der Waals surface area (Å²) >= 11 is 1.66. The van der Waals surface area contributed by atoms with E-state index in [0.29, 0.717) is 18.0 Å². The number of hydrogen-bond donors (Lipinski definition) is 1. The van der Waals surface area contributed by atoms with Crippen molar-refractivity contribution in [2.24, 2.45) is 0 Å². The van der Waals surface area contributed by atoms with Crippen molar-refractivity contribution in [2.45, 2.75) is 6.54 Å². The number of hydrogen-bond acceptors (Lipinski definition) is 7. The molecule has 0 amide bonds. The van der Waals surface area contributed by atoms with Gasteiger partial charge in [-0.3, -0.25) is 0 Å². The van der Waals surface area contributed by atoms with Gasteiger partial charge < -0.3 is 15.5 Å². The van der Waals surface area contributed by atoms with Gasteiger partial charge in [0.15, 0.2) is 5.65 Å². The number of nitrogen functional groups attached to an aromatic ring is 1. The van der Waals surface area contributed by atoms with Crippen LogP contribution in [0.25, 0.3) is 21.6 Å². The molecule has 5 rings (SSSR count). The summed E-state index contributed by atoms with van der Waals surface area (Å²) in [4.78, 5) is 15.4. The molecule has 1 saturated heterocycles. The van der Waals surface area contributed by atoms with Crippen LogP contribution in [0.1, 0.15) is 5.56 Å². The van der Waals surface area contributed by atoms with E-state index in [9.17, 15) is 0 Å². The Hall–Kier alpha value is -2.97. The third-order valence-corrected chi connectivity index (χ3v) is 6.22. The Morgan fingerprint density at radius 3 is 2.52 bits per heavy atom. The number of likely N-dealkylation sites (N-methyl/N-ethyl adjacent to an activating group) is 1. The maximum absolute atomic E-state index is 6.55. The minimum Gasteiger partial charge on any atom is -0.383 e. The number of aromatic nitrogens is 4. The summed E-state index contributed by atoms with van der Waals surface area (Å²) < 4.78 is 1.83. The topological polar surface area (TPSA) is 76.1 Å². The largest absolute Gasteiger partial charge is 0.383 e. The second-order valence-corrected chi connectivity index (χ2v) is 8.31. The summed E-state index contributed by atoms with van der Waals surface area (Å²) in [7, 11) is 2.14. The van der Waals surface area contributed by atoms with Gasteiger partial charge in [0.25, 0.3) is 0 Å². The molecule has 0 spiro atoms. The molecule has 4 heterocycles. The molecule has 4 aromatic rings. The summed E-state index contributed by atoms with van der Waals surface area (Å²) in [5, 5.41) is 7.65. The van der Waals surface area contributed by atoms with Gasteiger partial charge in [-0.2, -0.15) is 4.98 Å². The molecule has 0 radical (unpaired) electrons. The standard InChI is InChI=1S/C21H23N7S/c1-26-9-11-27(12-10-26)21-23-18(16-8-5-13-29-16)17-19(22)28(25-20(17)24-21)14-15-6-3-2-4-7-15/h2-8,13H,9-12,14,22H2,1H3. The Labute approximate surface area is 173 Å². The fraction of sp³-hybridized carbons (Fsp3) is 0.286. The van der Waals surface area contributed by atoms with Crippen LogP contribution in [-0.4, -0.2) is 57.9 Å². The molecule has 7 nitrogen and oxygen atoms in total. The maximum Gasteiger partial charge on any atom is 0.228 e. The van der Waals surface area contributed by atoms with Crippen molar-refractivity contribution in [3.05, 3.63) is 53.4 Å². The SMILES string of the molecule is CN1CCN(c2nc(-c3cccs3)c3c(N)n(Cc4ccccc4)nc3n2)CC1. The van der Waals surface area contributed by atoms with Gasteiger partial charge in [-0.15, -0.1) is 16.4 Å². The predicted molar refractivity (Wildman–Crippen MR) is 118 cm³/mol. The third kappa shape index (κ3) is 3.45. The highest BCUT2D eigenvalue weighted by atomic mass is 32.1. The van der Waals surface area contributed by atoms with Gasteiger partial charge >= 0.3 is 0 Å². The normalized spacial score (nSPS) is 15.3. The highest BCUT2D eigenvalue weighted by molar-refractivity contribution is 7.13. The van der Waals surface area contributed by atoms with E-state index < -0.39 is 0 Å². The Balaban J connectivity index is 1.62. The minimum absolute atomic E-state index is 0.608. The van der Waals surface area contributed by atoms with E-state index in [4.69, 9.17) is 20.8 Å². The van der Waals surface area contributed by atoms with E-state index in [0.717, 1.165) is 53.6 Å². The predicted octanol–water partition coefficient (Wildman–Crippen LogP) is 2.94. The van der Waals surface area contributed by atoms with E-state index >= 15 is 0 Å². The Kier molecular flexibility index (Phi) is 4.65. The first-order valence-electron chi connectivity index (χ1n) is 9.74. The molecule has 2 N–H and O–H groups in total. The zero-order chi connectivity index (χ0) is 19.8. The molecule has 3 aromatic heterocycles. The van der Waals surface area contributed by atoms with E-state index in [2.05, 4.69) is 40.4 Å². The molecule has 0 bridgehead atoms. The van der Waals surface area contributed by atoms with Crippen LogP contribution in [0, 0.1) is 0 Å². The summed E-state index contributed by atoms with van der Waals surface area (Å²) in [5.74, 6) is 1.34. The van der Waals surface area contributed by atoms with Gasteiger partial charge in [0, 0.05) is 26.2 Å². The van der Waals surface area contributed by atoms with Crippen LogP contribution in [0.2, 0.25) is 0 Å². The van der Waals surface area contributed by atoms with Gasteiger partial charge in [-0.05, 0) is 24.1 Å². The first kappa shape index (κ1) is 18.1.